The molecule has 1 heterocycles. The smallest absolute Gasteiger partial charge is 0.337 e. The Hall–Kier alpha value is -3.97. The van der Waals surface area contributed by atoms with Crippen LogP contribution in [0.15, 0.2) is 72.8 Å². The van der Waals surface area contributed by atoms with Crippen LogP contribution in [0.4, 0.5) is 0 Å². The molecule has 36 heavy (non-hydrogen) atoms. The highest BCUT2D eigenvalue weighted by molar-refractivity contribution is 6.32. The monoisotopic (exact) mass is 506 g/mol. The second-order valence-electron chi connectivity index (χ2n) is 7.82. The molecule has 4 rings (SSSR count). The van der Waals surface area contributed by atoms with Gasteiger partial charge >= 0.3 is 5.97 Å². The molecule has 0 aliphatic carbocycles. The molecule has 0 radical (unpaired) electrons. The van der Waals surface area contributed by atoms with Crippen molar-refractivity contribution in [1.29, 1.82) is 0 Å². The van der Waals surface area contributed by atoms with Crippen LogP contribution in [0.2, 0.25) is 5.02 Å². The Kier molecular flexibility index (Phi) is 8.13. The minimum atomic E-state index is -0.380. The van der Waals surface area contributed by atoms with Crippen molar-refractivity contribution in [1.82, 2.24) is 9.78 Å². The minimum absolute atomic E-state index is 0.351. The Labute approximate surface area is 215 Å². The fraction of sp³-hybridized carbons (Fsp3) is 0.214. The van der Waals surface area contributed by atoms with Gasteiger partial charge in [0.05, 0.1) is 43.7 Å². The van der Waals surface area contributed by atoms with Crippen molar-refractivity contribution in [2.45, 2.75) is 13.5 Å². The highest BCUT2D eigenvalue weighted by Crippen LogP contribution is 2.31. The first-order valence-corrected chi connectivity index (χ1v) is 11.9. The van der Waals surface area contributed by atoms with Gasteiger partial charge in [0.15, 0.2) is 0 Å². The lowest BCUT2D eigenvalue weighted by atomic mass is 10.1. The number of hydrogen-bond acceptors (Lipinski definition) is 6. The van der Waals surface area contributed by atoms with Crippen molar-refractivity contribution >= 4 is 17.6 Å². The molecule has 0 unspecified atom stereocenters. The molecule has 3 aromatic carbocycles. The normalized spacial score (nSPS) is 10.7. The van der Waals surface area contributed by atoms with Crippen LogP contribution in [0.25, 0.3) is 22.4 Å². The molecule has 0 N–H and O–H groups in total. The summed E-state index contributed by atoms with van der Waals surface area (Å²) in [5, 5.41) is 5.20. The molecule has 0 saturated carbocycles. The number of nitrogens with zero attached hydrogens (tertiary/aromatic N) is 2. The Bertz CT molecular complexity index is 1320. The van der Waals surface area contributed by atoms with Crippen LogP contribution < -0.4 is 14.2 Å². The van der Waals surface area contributed by atoms with E-state index >= 15 is 0 Å². The zero-order valence-corrected chi connectivity index (χ0v) is 21.1. The van der Waals surface area contributed by atoms with Crippen LogP contribution >= 0.6 is 11.6 Å². The molecule has 0 amide bonds. The predicted molar refractivity (Wildman–Crippen MR) is 139 cm³/mol. The molecule has 1 aromatic heterocycles. The summed E-state index contributed by atoms with van der Waals surface area (Å²) in [6.07, 6.45) is 0. The molecule has 8 heteroatoms. The van der Waals surface area contributed by atoms with E-state index < -0.39 is 0 Å². The second-order valence-corrected chi connectivity index (χ2v) is 8.22. The Morgan fingerprint density at radius 3 is 2.22 bits per heavy atom. The summed E-state index contributed by atoms with van der Waals surface area (Å²) < 4.78 is 23.4. The number of ether oxygens (including phenoxy) is 4. The van der Waals surface area contributed by atoms with Crippen LogP contribution in [0.5, 0.6) is 17.4 Å². The second kappa shape index (κ2) is 11.6. The molecule has 0 bridgehead atoms. The van der Waals surface area contributed by atoms with E-state index in [-0.39, 0.29) is 5.97 Å². The van der Waals surface area contributed by atoms with Crippen LogP contribution in [0, 0.1) is 0 Å². The quantitative estimate of drug-likeness (QED) is 0.240. The van der Waals surface area contributed by atoms with Crippen molar-refractivity contribution in [3.8, 4) is 39.8 Å². The Morgan fingerprint density at radius 2 is 1.58 bits per heavy atom. The van der Waals surface area contributed by atoms with Gasteiger partial charge < -0.3 is 18.9 Å². The lowest BCUT2D eigenvalue weighted by Crippen LogP contribution is -2.11. The SMILES string of the molecule is CCOc1cc(-c2ccc(C(=O)OC)cc2)nn1CCOc1ccc(-c2ccc(OC)cc2)cc1Cl. The van der Waals surface area contributed by atoms with Gasteiger partial charge in [-0.2, -0.15) is 5.10 Å². The van der Waals surface area contributed by atoms with E-state index in [1.807, 2.05) is 67.6 Å². The fourth-order valence-corrected chi connectivity index (χ4v) is 3.92. The van der Waals surface area contributed by atoms with Crippen molar-refractivity contribution in [2.24, 2.45) is 0 Å². The van der Waals surface area contributed by atoms with Gasteiger partial charge in [0.2, 0.25) is 5.88 Å². The standard InChI is InChI=1S/C28H27ClN2O5/c1-4-35-27-18-25(20-5-7-21(8-6-20)28(32)34-3)30-31(27)15-16-36-26-14-11-22(17-24(26)29)19-9-12-23(33-2)13-10-19/h5-14,17-18H,4,15-16H2,1-3H3. The third-order valence-corrected chi connectivity index (χ3v) is 5.85. The van der Waals surface area contributed by atoms with Gasteiger partial charge in [-0.3, -0.25) is 0 Å². The molecular formula is C28H27ClN2O5. The van der Waals surface area contributed by atoms with E-state index in [1.54, 1.807) is 23.9 Å². The van der Waals surface area contributed by atoms with Crippen LogP contribution in [0.1, 0.15) is 17.3 Å². The molecule has 7 nitrogen and oxygen atoms in total. The van der Waals surface area contributed by atoms with E-state index in [2.05, 4.69) is 5.10 Å². The maximum absolute atomic E-state index is 11.7. The van der Waals surface area contributed by atoms with Crippen molar-refractivity contribution in [3.63, 3.8) is 0 Å². The lowest BCUT2D eigenvalue weighted by Gasteiger charge is -2.11. The molecule has 0 aliphatic heterocycles. The number of hydrogen-bond donors (Lipinski definition) is 0. The fourth-order valence-electron chi connectivity index (χ4n) is 3.68. The van der Waals surface area contributed by atoms with Crippen LogP contribution in [-0.4, -0.2) is 43.2 Å². The average molecular weight is 507 g/mol. The minimum Gasteiger partial charge on any atom is -0.497 e. The summed E-state index contributed by atoms with van der Waals surface area (Å²) in [5.41, 5.74) is 4.10. The Morgan fingerprint density at radius 1 is 0.889 bits per heavy atom. The summed E-state index contributed by atoms with van der Waals surface area (Å²) in [6, 6.07) is 22.5. The average Bonchev–Trinajstić information content (AvgIpc) is 3.32. The summed E-state index contributed by atoms with van der Waals surface area (Å²) in [5.74, 6) is 1.65. The van der Waals surface area contributed by atoms with E-state index in [4.69, 9.17) is 30.5 Å². The van der Waals surface area contributed by atoms with E-state index in [1.165, 1.54) is 7.11 Å². The molecule has 0 saturated heterocycles. The van der Waals surface area contributed by atoms with Crippen LogP contribution in [0.3, 0.4) is 0 Å². The molecule has 0 spiro atoms. The number of aromatic nitrogens is 2. The summed E-state index contributed by atoms with van der Waals surface area (Å²) >= 11 is 6.50. The molecular weight excluding hydrogens is 480 g/mol. The summed E-state index contributed by atoms with van der Waals surface area (Å²) in [4.78, 5) is 11.7. The van der Waals surface area contributed by atoms with Gasteiger partial charge in [-0.05, 0) is 54.4 Å². The van der Waals surface area contributed by atoms with Crippen molar-refractivity contribution in [3.05, 3.63) is 83.4 Å². The zero-order valence-electron chi connectivity index (χ0n) is 20.4. The first-order valence-electron chi connectivity index (χ1n) is 11.5. The number of carbonyl (C=O) groups excluding carboxylic acids is 1. The zero-order chi connectivity index (χ0) is 25.5. The number of methoxy groups -OCH3 is 2. The van der Waals surface area contributed by atoms with Crippen molar-refractivity contribution in [2.75, 3.05) is 27.4 Å². The number of rotatable bonds is 10. The predicted octanol–water partition coefficient (Wildman–Crippen LogP) is 6.14. The topological polar surface area (TPSA) is 71.8 Å². The maximum atomic E-state index is 11.7. The van der Waals surface area contributed by atoms with E-state index in [9.17, 15) is 4.79 Å². The third kappa shape index (κ3) is 5.80. The number of esters is 1. The van der Waals surface area contributed by atoms with Crippen LogP contribution in [-0.2, 0) is 11.3 Å². The number of benzene rings is 3. The van der Waals surface area contributed by atoms with Gasteiger partial charge in [0.25, 0.3) is 0 Å². The third-order valence-electron chi connectivity index (χ3n) is 5.55. The molecule has 0 atom stereocenters. The number of halogens is 1. The van der Waals surface area contributed by atoms with Crippen molar-refractivity contribution < 1.29 is 23.7 Å². The highest BCUT2D eigenvalue weighted by atomic mass is 35.5. The highest BCUT2D eigenvalue weighted by Gasteiger charge is 2.13. The van der Waals surface area contributed by atoms with Gasteiger partial charge in [0, 0.05) is 11.6 Å². The first-order chi connectivity index (χ1) is 17.5. The van der Waals surface area contributed by atoms with Gasteiger partial charge in [-0.25, -0.2) is 9.48 Å². The number of carbonyl (C=O) groups is 1. The van der Waals surface area contributed by atoms with E-state index in [0.29, 0.717) is 42.0 Å². The summed E-state index contributed by atoms with van der Waals surface area (Å²) in [7, 11) is 3.00. The van der Waals surface area contributed by atoms with Gasteiger partial charge in [-0.15, -0.1) is 0 Å². The van der Waals surface area contributed by atoms with E-state index in [0.717, 1.165) is 28.1 Å². The molecule has 0 fully saturated rings. The summed E-state index contributed by atoms with van der Waals surface area (Å²) in [6.45, 7) is 3.24. The Balaban J connectivity index is 1.43. The molecule has 186 valence electrons. The maximum Gasteiger partial charge on any atom is 0.337 e. The largest absolute Gasteiger partial charge is 0.497 e. The molecule has 4 aromatic rings. The van der Waals surface area contributed by atoms with Gasteiger partial charge in [0.1, 0.15) is 18.1 Å². The van der Waals surface area contributed by atoms with Gasteiger partial charge in [-0.1, -0.05) is 41.9 Å². The lowest BCUT2D eigenvalue weighted by molar-refractivity contribution is 0.0600. The molecule has 0 aliphatic rings. The first kappa shape index (κ1) is 25.1.